The van der Waals surface area contributed by atoms with Crippen molar-refractivity contribution in [3.63, 3.8) is 0 Å². The zero-order valence-electron chi connectivity index (χ0n) is 29.2. The van der Waals surface area contributed by atoms with Crippen molar-refractivity contribution in [1.29, 1.82) is 0 Å². The number of rotatable bonds is 6. The Morgan fingerprint density at radius 3 is 2.22 bits per heavy atom. The molecule has 1 spiro atoms. The second-order valence-corrected chi connectivity index (χ2v) is 12.1. The predicted octanol–water partition coefficient (Wildman–Crippen LogP) is 3.85. The van der Waals surface area contributed by atoms with Crippen LogP contribution in [0.4, 0.5) is 5.69 Å². The molecule has 51 heavy (non-hydrogen) atoms. The molecule has 2 aromatic carbocycles. The number of amidine groups is 1. The standard InChI is InChI=1S/C39H35N3O9/c1-8-9-18-41-29-17-14-25(11-10-24-12-15-26(47-4)16-13-24)20-28(29)39-21-30(35(44)48-5)42(34(43)27-19-22(2)51-23(27)3)38(39)40-32(37(46)50-7)31(33(39)41)36(45)49-6/h12-17,19-20,30,33H,18,21H2,1-7H3/t30-,33?,39-/m0/s1. The summed E-state index contributed by atoms with van der Waals surface area (Å²) in [5, 5.41) is 0. The van der Waals surface area contributed by atoms with E-state index in [0.29, 0.717) is 34.1 Å². The van der Waals surface area contributed by atoms with E-state index in [-0.39, 0.29) is 35.6 Å². The highest BCUT2D eigenvalue weighted by Gasteiger charge is 2.68. The zero-order chi connectivity index (χ0) is 36.6. The van der Waals surface area contributed by atoms with Gasteiger partial charge in [-0.1, -0.05) is 17.8 Å². The molecule has 3 atom stereocenters. The van der Waals surface area contributed by atoms with Crippen LogP contribution in [0.5, 0.6) is 5.75 Å². The quantitative estimate of drug-likeness (QED) is 0.213. The van der Waals surface area contributed by atoms with Gasteiger partial charge >= 0.3 is 17.9 Å². The topological polar surface area (TPSA) is 137 Å². The van der Waals surface area contributed by atoms with Crippen LogP contribution in [0.1, 0.15) is 51.9 Å². The number of carbonyl (C=O) groups is 4. The van der Waals surface area contributed by atoms with E-state index in [2.05, 4.69) is 23.7 Å². The van der Waals surface area contributed by atoms with Gasteiger partial charge in [0.15, 0.2) is 5.70 Å². The van der Waals surface area contributed by atoms with Crippen molar-refractivity contribution >= 4 is 35.3 Å². The molecule has 0 N–H and O–H groups in total. The largest absolute Gasteiger partial charge is 0.497 e. The van der Waals surface area contributed by atoms with Crippen molar-refractivity contribution in [3.8, 4) is 29.4 Å². The number of nitrogens with zero attached hydrogens (tertiary/aromatic N) is 3. The number of hydrogen-bond donors (Lipinski definition) is 0. The number of benzene rings is 2. The number of hydrogen-bond acceptors (Lipinski definition) is 11. The first kappa shape index (κ1) is 34.6. The molecule has 3 aliphatic rings. The molecule has 0 saturated carbocycles. The van der Waals surface area contributed by atoms with Crippen LogP contribution >= 0.6 is 0 Å². The lowest BCUT2D eigenvalue weighted by Gasteiger charge is -2.40. The van der Waals surface area contributed by atoms with Gasteiger partial charge in [0.1, 0.15) is 29.1 Å². The molecule has 0 radical (unpaired) electrons. The van der Waals surface area contributed by atoms with Gasteiger partial charge in [-0.25, -0.2) is 19.4 Å². The Morgan fingerprint density at radius 1 is 0.922 bits per heavy atom. The summed E-state index contributed by atoms with van der Waals surface area (Å²) in [6, 6.07) is 12.2. The Kier molecular flexibility index (Phi) is 9.20. The summed E-state index contributed by atoms with van der Waals surface area (Å²) in [6.07, 6.45) is -0.0574. The van der Waals surface area contributed by atoms with Crippen molar-refractivity contribution in [2.75, 3.05) is 39.9 Å². The number of fused-ring (bicyclic) bond motifs is 1. The summed E-state index contributed by atoms with van der Waals surface area (Å²) < 4.78 is 26.6. The fraction of sp³-hybridized carbons (Fsp3) is 0.308. The van der Waals surface area contributed by atoms with Crippen LogP contribution in [0.2, 0.25) is 0 Å². The molecule has 3 aromatic rings. The van der Waals surface area contributed by atoms with Crippen molar-refractivity contribution in [1.82, 2.24) is 4.90 Å². The number of carbonyl (C=O) groups excluding carboxylic acids is 4. The monoisotopic (exact) mass is 689 g/mol. The molecule has 3 aliphatic heterocycles. The van der Waals surface area contributed by atoms with E-state index in [4.69, 9.17) is 28.4 Å². The van der Waals surface area contributed by atoms with Crippen molar-refractivity contribution in [2.45, 2.75) is 44.7 Å². The minimum atomic E-state index is -1.37. The SMILES string of the molecule is CC#CCN1c2ccc(C#Cc3ccc(OC)cc3)cc2[C@]23C[C@@H](C(=O)OC)N(C(=O)c4cc(C)oc4C)C2=NC(C(=O)OC)=C(C(=O)OC)C13. The first-order chi connectivity index (χ1) is 24.5. The second-order valence-electron chi connectivity index (χ2n) is 12.1. The molecule has 12 heteroatoms. The molecule has 260 valence electrons. The van der Waals surface area contributed by atoms with Gasteiger partial charge in [-0.15, -0.1) is 5.92 Å². The number of likely N-dealkylation sites (tertiary alicyclic amines) is 1. The molecule has 12 nitrogen and oxygen atoms in total. The summed E-state index contributed by atoms with van der Waals surface area (Å²) in [5.74, 6) is 10.9. The number of amides is 1. The number of aryl methyl sites for hydroxylation is 2. The average molecular weight is 690 g/mol. The van der Waals surface area contributed by atoms with E-state index in [9.17, 15) is 19.2 Å². The summed E-state index contributed by atoms with van der Waals surface area (Å²) in [6.45, 7) is 5.15. The van der Waals surface area contributed by atoms with E-state index >= 15 is 0 Å². The van der Waals surface area contributed by atoms with Crippen LogP contribution in [-0.2, 0) is 34.0 Å². The van der Waals surface area contributed by atoms with E-state index in [1.165, 1.54) is 19.1 Å². The van der Waals surface area contributed by atoms with E-state index in [1.807, 2.05) is 47.4 Å². The Labute approximate surface area is 295 Å². The molecule has 0 aliphatic carbocycles. The number of esters is 3. The highest BCUT2D eigenvalue weighted by atomic mass is 16.5. The Bertz CT molecular complexity index is 2160. The van der Waals surface area contributed by atoms with Crippen LogP contribution in [-0.4, -0.2) is 81.6 Å². The van der Waals surface area contributed by atoms with Gasteiger partial charge in [-0.05, 0) is 81.3 Å². The third kappa shape index (κ3) is 5.59. The fourth-order valence-electron chi connectivity index (χ4n) is 7.21. The summed E-state index contributed by atoms with van der Waals surface area (Å²) in [5.41, 5.74) is 1.01. The molecular formula is C39H35N3O9. The van der Waals surface area contributed by atoms with Gasteiger partial charge in [0.05, 0.1) is 57.6 Å². The fourth-order valence-corrected chi connectivity index (χ4v) is 7.21. The lowest BCUT2D eigenvalue weighted by molar-refractivity contribution is -0.144. The van der Waals surface area contributed by atoms with Crippen LogP contribution in [0.3, 0.4) is 0 Å². The molecule has 0 bridgehead atoms. The molecule has 6 rings (SSSR count). The Balaban J connectivity index is 1.66. The van der Waals surface area contributed by atoms with Crippen LogP contribution in [0.15, 0.2) is 69.2 Å². The number of anilines is 1. The summed E-state index contributed by atoms with van der Waals surface area (Å²) in [7, 11) is 5.18. The minimum Gasteiger partial charge on any atom is -0.497 e. The van der Waals surface area contributed by atoms with Gasteiger partial charge in [0.25, 0.3) is 5.91 Å². The molecule has 4 heterocycles. The average Bonchev–Trinajstić information content (AvgIpc) is 3.77. The smallest absolute Gasteiger partial charge is 0.357 e. The molecule has 1 aromatic heterocycles. The second kappa shape index (κ2) is 13.6. The lowest BCUT2D eigenvalue weighted by Crippen LogP contribution is -2.56. The summed E-state index contributed by atoms with van der Waals surface area (Å²) >= 11 is 0. The van der Waals surface area contributed by atoms with Gasteiger partial charge < -0.3 is 28.3 Å². The van der Waals surface area contributed by atoms with E-state index in [0.717, 1.165) is 12.7 Å². The number of aliphatic imine (C=N–C) groups is 1. The molecular weight excluding hydrogens is 654 g/mol. The molecule has 1 fully saturated rings. The number of furan rings is 1. The predicted molar refractivity (Wildman–Crippen MR) is 185 cm³/mol. The first-order valence-corrected chi connectivity index (χ1v) is 16.0. The first-order valence-electron chi connectivity index (χ1n) is 16.0. The van der Waals surface area contributed by atoms with Crippen molar-refractivity contribution in [2.24, 2.45) is 4.99 Å². The Hall–Kier alpha value is -6.27. The normalized spacial score (nSPS) is 19.7. The lowest BCUT2D eigenvalue weighted by atomic mass is 9.69. The highest BCUT2D eigenvalue weighted by Crippen LogP contribution is 2.58. The van der Waals surface area contributed by atoms with E-state index in [1.54, 1.807) is 33.9 Å². The van der Waals surface area contributed by atoms with Crippen LogP contribution in [0, 0.1) is 37.5 Å². The molecule has 1 saturated heterocycles. The van der Waals surface area contributed by atoms with Crippen LogP contribution < -0.4 is 9.64 Å². The maximum absolute atomic E-state index is 14.6. The third-order valence-electron chi connectivity index (χ3n) is 9.38. The third-order valence-corrected chi connectivity index (χ3v) is 9.38. The molecule has 1 amide bonds. The van der Waals surface area contributed by atoms with Gasteiger partial charge in [-0.3, -0.25) is 9.69 Å². The number of ether oxygens (including phenoxy) is 4. The zero-order valence-corrected chi connectivity index (χ0v) is 29.2. The van der Waals surface area contributed by atoms with Gasteiger partial charge in [-0.2, -0.15) is 0 Å². The Morgan fingerprint density at radius 2 is 1.61 bits per heavy atom. The van der Waals surface area contributed by atoms with Gasteiger partial charge in [0, 0.05) is 16.8 Å². The van der Waals surface area contributed by atoms with Crippen molar-refractivity contribution < 1.29 is 42.5 Å². The van der Waals surface area contributed by atoms with Crippen LogP contribution in [0.25, 0.3) is 0 Å². The maximum atomic E-state index is 14.6. The van der Waals surface area contributed by atoms with E-state index < -0.39 is 41.3 Å². The highest BCUT2D eigenvalue weighted by molar-refractivity contribution is 6.20. The minimum absolute atomic E-state index is 0.0574. The molecule has 1 unspecified atom stereocenters. The van der Waals surface area contributed by atoms with Gasteiger partial charge in [0.2, 0.25) is 0 Å². The maximum Gasteiger partial charge on any atom is 0.357 e. The number of methoxy groups -OCH3 is 4. The van der Waals surface area contributed by atoms with Crippen molar-refractivity contribution in [3.05, 3.63) is 93.6 Å². The summed E-state index contributed by atoms with van der Waals surface area (Å²) in [4.78, 5) is 63.4.